The maximum atomic E-state index is 12.1. The molecule has 0 saturated heterocycles. The zero-order valence-corrected chi connectivity index (χ0v) is 11.9. The SMILES string of the molecule is Cn1cc(NS(=O)(=O)c2ccc(/C=C/C(=O)O)cc2)cn1. The fourth-order valence-electron chi connectivity index (χ4n) is 1.61. The summed E-state index contributed by atoms with van der Waals surface area (Å²) < 4.78 is 28.1. The zero-order chi connectivity index (χ0) is 15.5. The molecule has 1 heterocycles. The molecule has 0 atom stereocenters. The van der Waals surface area contributed by atoms with Crippen LogP contribution in [0.3, 0.4) is 0 Å². The van der Waals surface area contributed by atoms with Gasteiger partial charge in [0.2, 0.25) is 0 Å². The largest absolute Gasteiger partial charge is 0.478 e. The van der Waals surface area contributed by atoms with Crippen molar-refractivity contribution in [3.63, 3.8) is 0 Å². The predicted molar refractivity (Wildman–Crippen MR) is 77.1 cm³/mol. The van der Waals surface area contributed by atoms with Crippen molar-refractivity contribution < 1.29 is 18.3 Å². The second kappa shape index (κ2) is 5.80. The number of aromatic nitrogens is 2. The maximum Gasteiger partial charge on any atom is 0.328 e. The molecule has 0 aliphatic carbocycles. The van der Waals surface area contributed by atoms with Crippen LogP contribution in [0.15, 0.2) is 47.6 Å². The number of carboxylic acids is 1. The Bertz CT molecular complexity index is 776. The maximum absolute atomic E-state index is 12.1. The van der Waals surface area contributed by atoms with Crippen LogP contribution < -0.4 is 4.72 Å². The molecule has 0 aliphatic heterocycles. The summed E-state index contributed by atoms with van der Waals surface area (Å²) >= 11 is 0. The third-order valence-electron chi connectivity index (χ3n) is 2.57. The molecule has 2 rings (SSSR count). The summed E-state index contributed by atoms with van der Waals surface area (Å²) in [6.07, 6.45) is 5.31. The van der Waals surface area contributed by atoms with Gasteiger partial charge in [-0.1, -0.05) is 12.1 Å². The van der Waals surface area contributed by atoms with Gasteiger partial charge < -0.3 is 5.11 Å². The minimum atomic E-state index is -3.69. The molecule has 1 aromatic heterocycles. The molecule has 0 fully saturated rings. The van der Waals surface area contributed by atoms with E-state index in [9.17, 15) is 13.2 Å². The quantitative estimate of drug-likeness (QED) is 0.811. The lowest BCUT2D eigenvalue weighted by Crippen LogP contribution is -2.12. The fourth-order valence-corrected chi connectivity index (χ4v) is 2.64. The average molecular weight is 307 g/mol. The lowest BCUT2D eigenvalue weighted by Gasteiger charge is -2.05. The van der Waals surface area contributed by atoms with E-state index in [1.165, 1.54) is 41.2 Å². The van der Waals surface area contributed by atoms with E-state index in [0.29, 0.717) is 11.3 Å². The first-order chi connectivity index (χ1) is 9.87. The summed E-state index contributed by atoms with van der Waals surface area (Å²) in [7, 11) is -2.01. The molecule has 0 bridgehead atoms. The fraction of sp³-hybridized carbons (Fsp3) is 0.0769. The van der Waals surface area contributed by atoms with E-state index in [0.717, 1.165) is 6.08 Å². The highest BCUT2D eigenvalue weighted by molar-refractivity contribution is 7.92. The lowest BCUT2D eigenvalue weighted by atomic mass is 10.2. The number of aryl methyl sites for hydroxylation is 1. The van der Waals surface area contributed by atoms with Gasteiger partial charge in [0.25, 0.3) is 10.0 Å². The summed E-state index contributed by atoms with van der Waals surface area (Å²) in [5.41, 5.74) is 0.963. The van der Waals surface area contributed by atoms with Crippen molar-refractivity contribution in [1.82, 2.24) is 9.78 Å². The van der Waals surface area contributed by atoms with Crippen molar-refractivity contribution in [2.24, 2.45) is 7.05 Å². The molecule has 0 saturated carbocycles. The van der Waals surface area contributed by atoms with Gasteiger partial charge in [-0.05, 0) is 23.8 Å². The van der Waals surface area contributed by atoms with Crippen LogP contribution in [0.1, 0.15) is 5.56 Å². The van der Waals surface area contributed by atoms with Crippen LogP contribution in [0.4, 0.5) is 5.69 Å². The molecule has 0 amide bonds. The number of aliphatic carboxylic acids is 1. The summed E-state index contributed by atoms with van der Waals surface area (Å²) in [6, 6.07) is 5.86. The number of benzene rings is 1. The van der Waals surface area contributed by atoms with Crippen molar-refractivity contribution in [2.75, 3.05) is 4.72 Å². The normalized spacial score (nSPS) is 11.7. The van der Waals surface area contributed by atoms with Gasteiger partial charge in [0.05, 0.1) is 16.8 Å². The number of carbonyl (C=O) groups is 1. The van der Waals surface area contributed by atoms with Crippen LogP contribution in [0.5, 0.6) is 0 Å². The number of rotatable bonds is 5. The third kappa shape index (κ3) is 3.93. The molecule has 110 valence electrons. The number of sulfonamides is 1. The topological polar surface area (TPSA) is 101 Å². The summed E-state index contributed by atoms with van der Waals surface area (Å²) in [5.74, 6) is -1.06. The zero-order valence-electron chi connectivity index (χ0n) is 11.1. The highest BCUT2D eigenvalue weighted by Gasteiger charge is 2.14. The number of hydrogen-bond donors (Lipinski definition) is 2. The number of nitrogens with zero attached hydrogens (tertiary/aromatic N) is 2. The smallest absolute Gasteiger partial charge is 0.328 e. The molecule has 0 radical (unpaired) electrons. The number of hydrogen-bond acceptors (Lipinski definition) is 4. The molecule has 2 aromatic rings. The van der Waals surface area contributed by atoms with E-state index in [1.807, 2.05) is 0 Å². The third-order valence-corrected chi connectivity index (χ3v) is 3.96. The highest BCUT2D eigenvalue weighted by atomic mass is 32.2. The molecular weight excluding hydrogens is 294 g/mol. The van der Waals surface area contributed by atoms with Gasteiger partial charge in [0.1, 0.15) is 0 Å². The Balaban J connectivity index is 2.19. The molecule has 2 N–H and O–H groups in total. The average Bonchev–Trinajstić information content (AvgIpc) is 2.81. The molecule has 0 aliphatic rings. The molecule has 7 nitrogen and oxygen atoms in total. The van der Waals surface area contributed by atoms with Crippen LogP contribution in [-0.2, 0) is 21.9 Å². The first-order valence-corrected chi connectivity index (χ1v) is 7.38. The van der Waals surface area contributed by atoms with Gasteiger partial charge in [-0.3, -0.25) is 9.40 Å². The van der Waals surface area contributed by atoms with E-state index in [1.54, 1.807) is 13.2 Å². The Kier molecular flexibility index (Phi) is 4.08. The van der Waals surface area contributed by atoms with E-state index in [4.69, 9.17) is 5.11 Å². The molecular formula is C13H13N3O4S. The number of carboxylic acid groups (broad SMARTS) is 1. The number of anilines is 1. The van der Waals surface area contributed by atoms with Crippen LogP contribution in [0, 0.1) is 0 Å². The van der Waals surface area contributed by atoms with E-state index >= 15 is 0 Å². The first-order valence-electron chi connectivity index (χ1n) is 5.89. The van der Waals surface area contributed by atoms with Crippen LogP contribution in [0.2, 0.25) is 0 Å². The second-order valence-electron chi connectivity index (χ2n) is 4.25. The van der Waals surface area contributed by atoms with Gasteiger partial charge in [-0.15, -0.1) is 0 Å². The summed E-state index contributed by atoms with van der Waals surface area (Å²) in [6.45, 7) is 0. The van der Waals surface area contributed by atoms with Crippen molar-refractivity contribution in [3.05, 3.63) is 48.3 Å². The van der Waals surface area contributed by atoms with Crippen molar-refractivity contribution in [1.29, 1.82) is 0 Å². The standard InChI is InChI=1S/C13H13N3O4S/c1-16-9-11(8-14-16)15-21(19,20)12-5-2-10(3-6-12)4-7-13(17)18/h2-9,15H,1H3,(H,17,18)/b7-4+. The van der Waals surface area contributed by atoms with Gasteiger partial charge >= 0.3 is 5.97 Å². The predicted octanol–water partition coefficient (Wildman–Crippen LogP) is 1.32. The monoisotopic (exact) mass is 307 g/mol. The van der Waals surface area contributed by atoms with Crippen LogP contribution in [-0.4, -0.2) is 29.3 Å². The van der Waals surface area contributed by atoms with E-state index in [-0.39, 0.29) is 4.90 Å². The van der Waals surface area contributed by atoms with Crippen molar-refractivity contribution in [3.8, 4) is 0 Å². The highest BCUT2D eigenvalue weighted by Crippen LogP contribution is 2.16. The Morgan fingerprint density at radius 2 is 2.00 bits per heavy atom. The minimum absolute atomic E-state index is 0.0822. The first kappa shape index (κ1) is 14.8. The molecule has 1 aromatic carbocycles. The Hall–Kier alpha value is -2.61. The second-order valence-corrected chi connectivity index (χ2v) is 5.93. The Morgan fingerprint density at radius 1 is 1.33 bits per heavy atom. The van der Waals surface area contributed by atoms with E-state index in [2.05, 4.69) is 9.82 Å². The summed E-state index contributed by atoms with van der Waals surface area (Å²) in [5, 5.41) is 12.4. The van der Waals surface area contributed by atoms with Gasteiger partial charge in [0.15, 0.2) is 0 Å². The number of nitrogens with one attached hydrogen (secondary N) is 1. The van der Waals surface area contributed by atoms with Crippen LogP contribution >= 0.6 is 0 Å². The molecule has 21 heavy (non-hydrogen) atoms. The van der Waals surface area contributed by atoms with E-state index < -0.39 is 16.0 Å². The molecule has 0 spiro atoms. The summed E-state index contributed by atoms with van der Waals surface area (Å²) in [4.78, 5) is 10.5. The van der Waals surface area contributed by atoms with Crippen molar-refractivity contribution >= 4 is 27.8 Å². The van der Waals surface area contributed by atoms with Gasteiger partial charge in [0, 0.05) is 19.3 Å². The molecule has 0 unspecified atom stereocenters. The van der Waals surface area contributed by atoms with Crippen LogP contribution in [0.25, 0.3) is 6.08 Å². The Labute approximate surface area is 121 Å². The molecule has 8 heteroatoms. The van der Waals surface area contributed by atoms with Gasteiger partial charge in [-0.25, -0.2) is 13.2 Å². The van der Waals surface area contributed by atoms with Gasteiger partial charge in [-0.2, -0.15) is 5.10 Å². The Morgan fingerprint density at radius 3 is 2.52 bits per heavy atom. The van der Waals surface area contributed by atoms with Crippen molar-refractivity contribution in [2.45, 2.75) is 4.90 Å². The lowest BCUT2D eigenvalue weighted by molar-refractivity contribution is -0.131. The minimum Gasteiger partial charge on any atom is -0.478 e.